The van der Waals surface area contributed by atoms with Gasteiger partial charge in [0.2, 0.25) is 5.91 Å². The van der Waals surface area contributed by atoms with E-state index in [1.807, 2.05) is 72.8 Å². The van der Waals surface area contributed by atoms with Crippen molar-refractivity contribution >= 4 is 34.1 Å². The summed E-state index contributed by atoms with van der Waals surface area (Å²) in [6.45, 7) is 4.99. The van der Waals surface area contributed by atoms with Crippen molar-refractivity contribution in [3.05, 3.63) is 125 Å². The van der Waals surface area contributed by atoms with E-state index >= 15 is 0 Å². The highest BCUT2D eigenvalue weighted by Gasteiger charge is 2.27. The van der Waals surface area contributed by atoms with E-state index in [4.69, 9.17) is 14.5 Å². The number of carbonyl (C=O) groups is 2. The Bertz CT molecular complexity index is 2040. The lowest BCUT2D eigenvalue weighted by Gasteiger charge is -2.32. The fourth-order valence-corrected chi connectivity index (χ4v) is 7.64. The molecule has 2 aliphatic rings. The molecule has 1 aromatic heterocycles. The minimum Gasteiger partial charge on any atom is -0.497 e. The van der Waals surface area contributed by atoms with Gasteiger partial charge in [0, 0.05) is 60.3 Å². The number of ether oxygens (including phenoxy) is 2. The van der Waals surface area contributed by atoms with Gasteiger partial charge >= 0.3 is 0 Å². The van der Waals surface area contributed by atoms with Crippen LogP contribution >= 0.6 is 0 Å². The first kappa shape index (κ1) is 36.9. The van der Waals surface area contributed by atoms with Crippen LogP contribution < -0.4 is 30.7 Å². The number of pyridine rings is 1. The molecule has 0 saturated carbocycles. The number of methoxy groups -OCH3 is 2. The van der Waals surface area contributed by atoms with Crippen LogP contribution in [0.3, 0.4) is 0 Å². The first-order valence-corrected chi connectivity index (χ1v) is 19.0. The molecule has 4 aromatic carbocycles. The fraction of sp³-hybridized carbons (Fsp3) is 0.341. The number of anilines is 2. The standard InChI is InChI=1S/C44H50N6O4/c1-53-36-11-6-10-31(26-36)28-46-40(51)27-38-41(32-18-22-45-23-19-32)49-43-37(12-7-13-39(43)54-2)42(38)47-34-16-14-33(15-17-34)44(52)48-35-20-24-50(25-21-35)29-30-8-4-3-5-9-30/h3-17,26,32,35,45H,18-25,27-29H2,1-2H3,(H,46,51)(H,47,49)(H,48,52). The molecule has 0 spiro atoms. The molecule has 2 aliphatic heterocycles. The van der Waals surface area contributed by atoms with E-state index in [0.29, 0.717) is 17.9 Å². The zero-order valence-electron chi connectivity index (χ0n) is 31.2. The van der Waals surface area contributed by atoms with Crippen LogP contribution in [0.5, 0.6) is 11.5 Å². The molecule has 4 N–H and O–H groups in total. The van der Waals surface area contributed by atoms with E-state index in [9.17, 15) is 9.59 Å². The van der Waals surface area contributed by atoms with Crippen molar-refractivity contribution in [1.29, 1.82) is 0 Å². The molecule has 10 nitrogen and oxygen atoms in total. The number of hydrogen-bond acceptors (Lipinski definition) is 8. The number of amides is 2. The van der Waals surface area contributed by atoms with Crippen molar-refractivity contribution in [2.75, 3.05) is 45.7 Å². The highest BCUT2D eigenvalue weighted by atomic mass is 16.5. The molecule has 2 fully saturated rings. The number of benzene rings is 4. The van der Waals surface area contributed by atoms with E-state index in [1.54, 1.807) is 14.2 Å². The lowest BCUT2D eigenvalue weighted by molar-refractivity contribution is -0.120. The van der Waals surface area contributed by atoms with Crippen LogP contribution in [-0.2, 0) is 24.3 Å². The number of likely N-dealkylation sites (tertiary alicyclic amines) is 1. The first-order valence-electron chi connectivity index (χ1n) is 19.0. The largest absolute Gasteiger partial charge is 0.497 e. The Morgan fingerprint density at radius 2 is 1.57 bits per heavy atom. The SMILES string of the molecule is COc1cccc(CNC(=O)Cc2c(C3CCNCC3)nc3c(OC)cccc3c2Nc2ccc(C(=O)NC3CCN(Cc4ccccc4)CC3)cc2)c1. The second-order valence-corrected chi connectivity index (χ2v) is 14.2. The van der Waals surface area contributed by atoms with Gasteiger partial charge in [0.05, 0.1) is 32.0 Å². The van der Waals surface area contributed by atoms with Gasteiger partial charge in [-0.1, -0.05) is 54.6 Å². The Labute approximate surface area is 317 Å². The van der Waals surface area contributed by atoms with Crippen LogP contribution in [0.2, 0.25) is 0 Å². The van der Waals surface area contributed by atoms with Crippen molar-refractivity contribution in [2.24, 2.45) is 0 Å². The maximum absolute atomic E-state index is 13.7. The van der Waals surface area contributed by atoms with E-state index in [2.05, 4.69) is 50.4 Å². The van der Waals surface area contributed by atoms with E-state index in [-0.39, 0.29) is 30.2 Å². The van der Waals surface area contributed by atoms with Crippen molar-refractivity contribution in [1.82, 2.24) is 25.8 Å². The summed E-state index contributed by atoms with van der Waals surface area (Å²) < 4.78 is 11.2. The molecule has 0 bridgehead atoms. The maximum atomic E-state index is 13.7. The minimum absolute atomic E-state index is 0.0660. The second-order valence-electron chi connectivity index (χ2n) is 14.2. The lowest BCUT2D eigenvalue weighted by atomic mass is 9.88. The van der Waals surface area contributed by atoms with Gasteiger partial charge in [-0.15, -0.1) is 0 Å². The van der Waals surface area contributed by atoms with Crippen molar-refractivity contribution < 1.29 is 19.1 Å². The number of nitrogens with zero attached hydrogens (tertiary/aromatic N) is 2. The molecule has 280 valence electrons. The number of fused-ring (bicyclic) bond motifs is 1. The van der Waals surface area contributed by atoms with Crippen molar-refractivity contribution in [2.45, 2.75) is 57.2 Å². The smallest absolute Gasteiger partial charge is 0.251 e. The fourth-order valence-electron chi connectivity index (χ4n) is 7.64. The minimum atomic E-state index is -0.0991. The maximum Gasteiger partial charge on any atom is 0.251 e. The Kier molecular flexibility index (Phi) is 12.0. The quantitative estimate of drug-likeness (QED) is 0.106. The molecule has 2 saturated heterocycles. The molecule has 0 unspecified atom stereocenters. The summed E-state index contributed by atoms with van der Waals surface area (Å²) >= 11 is 0. The summed E-state index contributed by atoms with van der Waals surface area (Å²) in [6.07, 6.45) is 3.83. The Morgan fingerprint density at radius 3 is 2.31 bits per heavy atom. The van der Waals surface area contributed by atoms with Gasteiger partial charge in [-0.3, -0.25) is 14.5 Å². The number of hydrogen-bond donors (Lipinski definition) is 4. The monoisotopic (exact) mass is 726 g/mol. The summed E-state index contributed by atoms with van der Waals surface area (Å²) in [7, 11) is 3.29. The molecule has 0 atom stereocenters. The Hall–Kier alpha value is -5.45. The highest BCUT2D eigenvalue weighted by molar-refractivity contribution is 6.00. The van der Waals surface area contributed by atoms with Gasteiger partial charge in [-0.05, 0) is 92.4 Å². The summed E-state index contributed by atoms with van der Waals surface area (Å²) in [5, 5.41) is 14.4. The molecule has 0 aliphatic carbocycles. The van der Waals surface area contributed by atoms with Gasteiger partial charge in [0.15, 0.2) is 0 Å². The van der Waals surface area contributed by atoms with E-state index in [0.717, 1.165) is 103 Å². The predicted octanol–water partition coefficient (Wildman–Crippen LogP) is 6.72. The van der Waals surface area contributed by atoms with Crippen LogP contribution in [0, 0.1) is 0 Å². The molecule has 5 aromatic rings. The van der Waals surface area contributed by atoms with Gasteiger partial charge in [-0.25, -0.2) is 4.98 Å². The molecule has 7 rings (SSSR count). The van der Waals surface area contributed by atoms with E-state index < -0.39 is 0 Å². The molecular formula is C44H50N6O4. The van der Waals surface area contributed by atoms with Crippen LogP contribution in [0.4, 0.5) is 11.4 Å². The topological polar surface area (TPSA) is 117 Å². The Balaban J connectivity index is 1.11. The van der Waals surface area contributed by atoms with Gasteiger partial charge in [-0.2, -0.15) is 0 Å². The molecule has 0 radical (unpaired) electrons. The number of aromatic nitrogens is 1. The third-order valence-electron chi connectivity index (χ3n) is 10.6. The molecular weight excluding hydrogens is 677 g/mol. The predicted molar refractivity (Wildman–Crippen MR) is 214 cm³/mol. The first-order chi connectivity index (χ1) is 26.5. The average Bonchev–Trinajstić information content (AvgIpc) is 3.22. The number of carbonyl (C=O) groups excluding carboxylic acids is 2. The van der Waals surface area contributed by atoms with Crippen LogP contribution in [0.15, 0.2) is 97.1 Å². The van der Waals surface area contributed by atoms with Crippen LogP contribution in [-0.4, -0.2) is 68.1 Å². The number of para-hydroxylation sites is 1. The third-order valence-corrected chi connectivity index (χ3v) is 10.6. The Morgan fingerprint density at radius 1 is 0.833 bits per heavy atom. The second kappa shape index (κ2) is 17.6. The third kappa shape index (κ3) is 9.01. The zero-order chi connectivity index (χ0) is 37.3. The molecule has 10 heteroatoms. The van der Waals surface area contributed by atoms with Gasteiger partial charge < -0.3 is 30.7 Å². The van der Waals surface area contributed by atoms with Crippen molar-refractivity contribution in [3.8, 4) is 11.5 Å². The summed E-state index contributed by atoms with van der Waals surface area (Å²) in [5.74, 6) is 1.44. The summed E-state index contributed by atoms with van der Waals surface area (Å²) in [5.41, 5.74) is 7.05. The normalized spacial score (nSPS) is 15.4. The highest BCUT2D eigenvalue weighted by Crippen LogP contribution is 2.40. The molecule has 54 heavy (non-hydrogen) atoms. The number of piperidine rings is 2. The van der Waals surface area contributed by atoms with E-state index in [1.165, 1.54) is 5.56 Å². The van der Waals surface area contributed by atoms with Gasteiger partial charge in [0.1, 0.15) is 17.0 Å². The summed E-state index contributed by atoms with van der Waals surface area (Å²) in [4.78, 5) is 34.8. The molecule has 2 amide bonds. The lowest BCUT2D eigenvalue weighted by Crippen LogP contribution is -2.44. The van der Waals surface area contributed by atoms with Crippen LogP contribution in [0.25, 0.3) is 10.9 Å². The van der Waals surface area contributed by atoms with Gasteiger partial charge in [0.25, 0.3) is 5.91 Å². The van der Waals surface area contributed by atoms with Crippen molar-refractivity contribution in [3.63, 3.8) is 0 Å². The number of rotatable bonds is 13. The molecule has 3 heterocycles. The average molecular weight is 727 g/mol. The van der Waals surface area contributed by atoms with Crippen LogP contribution in [0.1, 0.15) is 64.3 Å². The number of nitrogens with one attached hydrogen (secondary N) is 4. The summed E-state index contributed by atoms with van der Waals surface area (Å²) in [6, 6.07) is 31.9. The zero-order valence-corrected chi connectivity index (χ0v) is 31.2.